The van der Waals surface area contributed by atoms with Crippen molar-refractivity contribution < 1.29 is 4.79 Å². The molecule has 0 spiro atoms. The highest BCUT2D eigenvalue weighted by atomic mass is 16.1. The Morgan fingerprint density at radius 1 is 1.30 bits per heavy atom. The van der Waals surface area contributed by atoms with Crippen molar-refractivity contribution in [1.82, 2.24) is 20.2 Å². The molecule has 0 aliphatic carbocycles. The molecule has 23 heavy (non-hydrogen) atoms. The molecule has 1 amide bonds. The van der Waals surface area contributed by atoms with Gasteiger partial charge in [-0.2, -0.15) is 0 Å². The Kier molecular flexibility index (Phi) is 4.98. The number of carbonyl (C=O) groups excluding carboxylic acids is 1. The second kappa shape index (κ2) is 7.33. The van der Waals surface area contributed by atoms with E-state index < -0.39 is 0 Å². The summed E-state index contributed by atoms with van der Waals surface area (Å²) in [4.78, 5) is 22.4. The van der Waals surface area contributed by atoms with Crippen molar-refractivity contribution in [3.63, 3.8) is 0 Å². The largest absolute Gasteiger partial charge is 0.350 e. The average Bonchev–Trinajstić information content (AvgIpc) is 2.60. The molecule has 0 saturated carbocycles. The summed E-state index contributed by atoms with van der Waals surface area (Å²) in [5, 5.41) is 2.94. The number of hydrogen-bond acceptors (Lipinski definition) is 4. The standard InChI is InChI=1S/C18H22N4O/c1-14(10-21-18(23)17-11-19-7-8-20-17)12-22-9-6-15-4-2-3-5-16(15)13-22/h2-5,7-8,11,14H,6,9-10,12-13H2,1H3,(H,21,23)/t14-/m1/s1. The first-order chi connectivity index (χ1) is 11.2. The van der Waals surface area contributed by atoms with Crippen molar-refractivity contribution >= 4 is 5.91 Å². The maximum absolute atomic E-state index is 12.0. The fourth-order valence-corrected chi connectivity index (χ4v) is 2.99. The molecule has 2 heterocycles. The highest BCUT2D eigenvalue weighted by molar-refractivity contribution is 5.91. The van der Waals surface area contributed by atoms with Gasteiger partial charge in [-0.15, -0.1) is 0 Å². The van der Waals surface area contributed by atoms with Gasteiger partial charge < -0.3 is 5.32 Å². The number of nitrogens with one attached hydrogen (secondary N) is 1. The maximum Gasteiger partial charge on any atom is 0.271 e. The van der Waals surface area contributed by atoms with Crippen molar-refractivity contribution in [2.24, 2.45) is 5.92 Å². The summed E-state index contributed by atoms with van der Waals surface area (Å²) in [6.07, 6.45) is 5.69. The number of hydrogen-bond donors (Lipinski definition) is 1. The molecule has 0 bridgehead atoms. The van der Waals surface area contributed by atoms with E-state index in [2.05, 4.69) is 51.4 Å². The van der Waals surface area contributed by atoms with Crippen LogP contribution in [0.15, 0.2) is 42.9 Å². The number of nitrogens with zero attached hydrogens (tertiary/aromatic N) is 3. The van der Waals surface area contributed by atoms with Crippen molar-refractivity contribution in [1.29, 1.82) is 0 Å². The lowest BCUT2D eigenvalue weighted by Gasteiger charge is -2.30. The van der Waals surface area contributed by atoms with Gasteiger partial charge in [0, 0.05) is 38.6 Å². The van der Waals surface area contributed by atoms with E-state index in [4.69, 9.17) is 0 Å². The topological polar surface area (TPSA) is 58.1 Å². The summed E-state index contributed by atoms with van der Waals surface area (Å²) in [6.45, 7) is 5.87. The molecule has 1 aliphatic heterocycles. The summed E-state index contributed by atoms with van der Waals surface area (Å²) in [5.74, 6) is 0.231. The van der Waals surface area contributed by atoms with E-state index in [1.165, 1.54) is 23.5 Å². The predicted molar refractivity (Wildman–Crippen MR) is 89.0 cm³/mol. The van der Waals surface area contributed by atoms with E-state index in [1.54, 1.807) is 6.20 Å². The Labute approximate surface area is 136 Å². The van der Waals surface area contributed by atoms with Gasteiger partial charge >= 0.3 is 0 Å². The van der Waals surface area contributed by atoms with Gasteiger partial charge in [-0.25, -0.2) is 4.98 Å². The normalized spacial score (nSPS) is 15.7. The monoisotopic (exact) mass is 310 g/mol. The molecule has 0 unspecified atom stereocenters. The number of fused-ring (bicyclic) bond motifs is 1. The second-order valence-corrected chi connectivity index (χ2v) is 6.16. The first kappa shape index (κ1) is 15.6. The molecule has 0 radical (unpaired) electrons. The Balaban J connectivity index is 1.47. The minimum atomic E-state index is -0.158. The molecule has 1 aromatic heterocycles. The highest BCUT2D eigenvalue weighted by Crippen LogP contribution is 2.19. The van der Waals surface area contributed by atoms with Gasteiger partial charge in [0.25, 0.3) is 5.91 Å². The zero-order valence-electron chi connectivity index (χ0n) is 13.4. The summed E-state index contributed by atoms with van der Waals surface area (Å²) >= 11 is 0. The molecule has 2 aromatic rings. The molecule has 5 nitrogen and oxygen atoms in total. The SMILES string of the molecule is C[C@H](CNC(=O)c1cnccn1)CN1CCc2ccccc2C1. The van der Waals surface area contributed by atoms with Crippen LogP contribution in [0, 0.1) is 5.92 Å². The zero-order chi connectivity index (χ0) is 16.1. The molecule has 0 saturated heterocycles. The van der Waals surface area contributed by atoms with Gasteiger partial charge in [-0.05, 0) is 23.5 Å². The van der Waals surface area contributed by atoms with Crippen LogP contribution in [-0.2, 0) is 13.0 Å². The fourth-order valence-electron chi connectivity index (χ4n) is 2.99. The number of benzene rings is 1. The first-order valence-electron chi connectivity index (χ1n) is 8.05. The van der Waals surface area contributed by atoms with Crippen molar-refractivity contribution in [2.75, 3.05) is 19.6 Å². The maximum atomic E-state index is 12.0. The van der Waals surface area contributed by atoms with E-state index >= 15 is 0 Å². The number of carbonyl (C=O) groups is 1. The number of aromatic nitrogens is 2. The molecule has 3 rings (SSSR count). The lowest BCUT2D eigenvalue weighted by molar-refractivity contribution is 0.0937. The van der Waals surface area contributed by atoms with Crippen LogP contribution < -0.4 is 5.32 Å². The van der Waals surface area contributed by atoms with Crippen LogP contribution >= 0.6 is 0 Å². The molecule has 1 aliphatic rings. The van der Waals surface area contributed by atoms with Gasteiger partial charge in [0.1, 0.15) is 5.69 Å². The Morgan fingerprint density at radius 3 is 2.91 bits per heavy atom. The third-order valence-corrected chi connectivity index (χ3v) is 4.19. The molecule has 5 heteroatoms. The van der Waals surface area contributed by atoms with Gasteiger partial charge in [0.05, 0.1) is 6.20 Å². The van der Waals surface area contributed by atoms with Gasteiger partial charge in [-0.1, -0.05) is 31.2 Å². The van der Waals surface area contributed by atoms with Crippen molar-refractivity contribution in [3.05, 3.63) is 59.7 Å². The van der Waals surface area contributed by atoms with Gasteiger partial charge in [0.15, 0.2) is 0 Å². The number of rotatable bonds is 5. The smallest absolute Gasteiger partial charge is 0.271 e. The first-order valence-corrected chi connectivity index (χ1v) is 8.05. The summed E-state index contributed by atoms with van der Waals surface area (Å²) in [7, 11) is 0. The van der Waals surface area contributed by atoms with Crippen LogP contribution in [0.25, 0.3) is 0 Å². The molecule has 1 N–H and O–H groups in total. The van der Waals surface area contributed by atoms with Crippen LogP contribution in [0.2, 0.25) is 0 Å². The summed E-state index contributed by atoms with van der Waals surface area (Å²) < 4.78 is 0. The van der Waals surface area contributed by atoms with Crippen molar-refractivity contribution in [2.45, 2.75) is 19.9 Å². The molecular formula is C18H22N4O. The Hall–Kier alpha value is -2.27. The summed E-state index contributed by atoms with van der Waals surface area (Å²) in [6, 6.07) is 8.64. The molecule has 1 aromatic carbocycles. The third-order valence-electron chi connectivity index (χ3n) is 4.19. The quantitative estimate of drug-likeness (QED) is 0.916. The Bertz CT molecular complexity index is 659. The second-order valence-electron chi connectivity index (χ2n) is 6.16. The molecular weight excluding hydrogens is 288 g/mol. The van der Waals surface area contributed by atoms with Crippen LogP contribution in [0.3, 0.4) is 0 Å². The number of amides is 1. The third kappa shape index (κ3) is 4.13. The fraction of sp³-hybridized carbons (Fsp3) is 0.389. The van der Waals surface area contributed by atoms with Crippen LogP contribution in [0.1, 0.15) is 28.5 Å². The van der Waals surface area contributed by atoms with Gasteiger partial charge in [0.2, 0.25) is 0 Å². The van der Waals surface area contributed by atoms with Crippen molar-refractivity contribution in [3.8, 4) is 0 Å². The summed E-state index contributed by atoms with van der Waals surface area (Å²) in [5.41, 5.74) is 3.26. The van der Waals surface area contributed by atoms with Gasteiger partial charge in [-0.3, -0.25) is 14.7 Å². The highest BCUT2D eigenvalue weighted by Gasteiger charge is 2.18. The van der Waals surface area contributed by atoms with Crippen LogP contribution in [0.5, 0.6) is 0 Å². The van der Waals surface area contributed by atoms with Crippen LogP contribution in [0.4, 0.5) is 0 Å². The minimum absolute atomic E-state index is 0.158. The molecule has 1 atom stereocenters. The van der Waals surface area contributed by atoms with E-state index in [0.29, 0.717) is 18.2 Å². The lowest BCUT2D eigenvalue weighted by Crippen LogP contribution is -2.38. The van der Waals surface area contributed by atoms with Crippen LogP contribution in [-0.4, -0.2) is 40.4 Å². The van der Waals surface area contributed by atoms with E-state index in [-0.39, 0.29) is 5.91 Å². The lowest BCUT2D eigenvalue weighted by atomic mass is 9.99. The average molecular weight is 310 g/mol. The van der Waals surface area contributed by atoms with E-state index in [9.17, 15) is 4.79 Å². The minimum Gasteiger partial charge on any atom is -0.350 e. The molecule has 0 fully saturated rings. The Morgan fingerprint density at radius 2 is 2.13 bits per heavy atom. The van der Waals surface area contributed by atoms with E-state index in [0.717, 1.165) is 26.1 Å². The predicted octanol–water partition coefficient (Wildman–Crippen LogP) is 1.90. The molecule has 120 valence electrons. The van der Waals surface area contributed by atoms with E-state index in [1.807, 2.05) is 0 Å². The zero-order valence-corrected chi connectivity index (χ0v) is 13.4.